The van der Waals surface area contributed by atoms with E-state index in [9.17, 15) is 4.79 Å². The highest BCUT2D eigenvalue weighted by molar-refractivity contribution is 6.09. The molecule has 2 aliphatic rings. The molecule has 0 bridgehead atoms. The van der Waals surface area contributed by atoms with Gasteiger partial charge in [0.05, 0.1) is 0 Å². The molecule has 30 heavy (non-hydrogen) atoms. The van der Waals surface area contributed by atoms with Crippen molar-refractivity contribution in [2.24, 2.45) is 0 Å². The van der Waals surface area contributed by atoms with Gasteiger partial charge in [-0.25, -0.2) is 0 Å². The highest BCUT2D eigenvalue weighted by Gasteiger charge is 2.26. The van der Waals surface area contributed by atoms with Gasteiger partial charge in [-0.1, -0.05) is 68.3 Å². The number of carbonyl (C=O) groups is 1. The number of likely N-dealkylation sites (tertiary alicyclic amines) is 2. The van der Waals surface area contributed by atoms with Crippen LogP contribution in [0.1, 0.15) is 72.9 Å². The molecule has 2 unspecified atom stereocenters. The largest absolute Gasteiger partial charge is 0.302 e. The molecular weight excluding hydrogens is 368 g/mol. The molecule has 160 valence electrons. The summed E-state index contributed by atoms with van der Waals surface area (Å²) in [7, 11) is 0. The van der Waals surface area contributed by atoms with Crippen LogP contribution in [0.4, 0.5) is 0 Å². The Balaban J connectivity index is 1.42. The average molecular weight is 405 g/mol. The van der Waals surface area contributed by atoms with E-state index in [1.807, 2.05) is 42.5 Å². The molecule has 3 nitrogen and oxygen atoms in total. The van der Waals surface area contributed by atoms with Gasteiger partial charge in [0.15, 0.2) is 5.78 Å². The molecule has 0 spiro atoms. The predicted molar refractivity (Wildman–Crippen MR) is 124 cm³/mol. The van der Waals surface area contributed by atoms with E-state index in [0.29, 0.717) is 12.0 Å². The Labute approximate surface area is 182 Å². The van der Waals surface area contributed by atoms with E-state index >= 15 is 0 Å². The van der Waals surface area contributed by atoms with E-state index in [2.05, 4.69) is 28.9 Å². The van der Waals surface area contributed by atoms with Crippen molar-refractivity contribution in [3.05, 3.63) is 71.3 Å². The topological polar surface area (TPSA) is 23.6 Å². The average Bonchev–Trinajstić information content (AvgIpc) is 2.81. The fourth-order valence-corrected chi connectivity index (χ4v) is 5.15. The van der Waals surface area contributed by atoms with Crippen molar-refractivity contribution in [1.82, 2.24) is 9.80 Å². The summed E-state index contributed by atoms with van der Waals surface area (Å²) in [6, 6.07) is 18.6. The number of rotatable bonds is 7. The molecule has 2 atom stereocenters. The molecule has 2 saturated heterocycles. The lowest BCUT2D eigenvalue weighted by atomic mass is 9.93. The van der Waals surface area contributed by atoms with Crippen LogP contribution >= 0.6 is 0 Å². The van der Waals surface area contributed by atoms with Gasteiger partial charge in [0, 0.05) is 30.3 Å². The van der Waals surface area contributed by atoms with Gasteiger partial charge >= 0.3 is 0 Å². The number of benzene rings is 2. The first-order chi connectivity index (χ1) is 14.7. The molecule has 0 amide bonds. The third-order valence-corrected chi connectivity index (χ3v) is 6.93. The second-order valence-electron chi connectivity index (χ2n) is 9.23. The molecule has 2 aromatic carbocycles. The van der Waals surface area contributed by atoms with Crippen molar-refractivity contribution in [3.8, 4) is 0 Å². The summed E-state index contributed by atoms with van der Waals surface area (Å²) in [5.41, 5.74) is 2.84. The molecule has 3 heteroatoms. The van der Waals surface area contributed by atoms with Gasteiger partial charge in [0.1, 0.15) is 0 Å². The van der Waals surface area contributed by atoms with Crippen LogP contribution in [-0.2, 0) is 0 Å². The van der Waals surface area contributed by atoms with Gasteiger partial charge in [-0.15, -0.1) is 0 Å². The van der Waals surface area contributed by atoms with Crippen LogP contribution in [0, 0.1) is 0 Å². The maximum absolute atomic E-state index is 12.9. The van der Waals surface area contributed by atoms with E-state index in [1.165, 1.54) is 70.3 Å². The van der Waals surface area contributed by atoms with E-state index in [1.54, 1.807) is 0 Å². The Morgan fingerprint density at radius 1 is 0.900 bits per heavy atom. The fraction of sp³-hybridized carbons (Fsp3) is 0.519. The number of hydrogen-bond donors (Lipinski definition) is 0. The molecule has 2 aromatic rings. The summed E-state index contributed by atoms with van der Waals surface area (Å²) in [5, 5.41) is 0. The molecule has 2 fully saturated rings. The molecule has 0 radical (unpaired) electrons. The summed E-state index contributed by atoms with van der Waals surface area (Å²) < 4.78 is 0. The van der Waals surface area contributed by atoms with Gasteiger partial charge < -0.3 is 4.90 Å². The van der Waals surface area contributed by atoms with Crippen LogP contribution in [-0.4, -0.2) is 54.3 Å². The number of hydrogen-bond acceptors (Lipinski definition) is 3. The molecule has 2 heterocycles. The van der Waals surface area contributed by atoms with Crippen molar-refractivity contribution in [2.45, 2.75) is 57.4 Å². The van der Waals surface area contributed by atoms with Crippen LogP contribution in [0.15, 0.2) is 54.6 Å². The number of nitrogens with zero attached hydrogens (tertiary/aromatic N) is 2. The lowest BCUT2D eigenvalue weighted by Crippen LogP contribution is -2.48. The first-order valence-corrected chi connectivity index (χ1v) is 11.9. The molecule has 0 aliphatic carbocycles. The molecule has 2 aliphatic heterocycles. The summed E-state index contributed by atoms with van der Waals surface area (Å²) in [6.45, 7) is 8.41. The van der Waals surface area contributed by atoms with Crippen LogP contribution in [0.25, 0.3) is 0 Å². The smallest absolute Gasteiger partial charge is 0.193 e. The minimum Gasteiger partial charge on any atom is -0.302 e. The van der Waals surface area contributed by atoms with Crippen molar-refractivity contribution in [1.29, 1.82) is 0 Å². The standard InChI is InChI=1S/C27H36N2O/c1-22(20-29-18-9-6-15-26(29)21-28-16-7-3-8-17-28)24-13-10-14-25(19-24)27(30)23-11-4-2-5-12-23/h2,4-5,10-14,19,22,26H,3,6-9,15-18,20-21H2,1H3. The zero-order valence-corrected chi connectivity index (χ0v) is 18.4. The van der Waals surface area contributed by atoms with Gasteiger partial charge in [-0.3, -0.25) is 9.69 Å². The van der Waals surface area contributed by atoms with Gasteiger partial charge in [0.2, 0.25) is 0 Å². The highest BCUT2D eigenvalue weighted by atomic mass is 16.1. The van der Waals surface area contributed by atoms with Crippen molar-refractivity contribution in [3.63, 3.8) is 0 Å². The maximum atomic E-state index is 12.9. The molecule has 0 N–H and O–H groups in total. The molecular formula is C27H36N2O. The lowest BCUT2D eigenvalue weighted by Gasteiger charge is -2.41. The summed E-state index contributed by atoms with van der Waals surface area (Å²) in [6.07, 6.45) is 8.15. The lowest BCUT2D eigenvalue weighted by molar-refractivity contribution is 0.0912. The van der Waals surface area contributed by atoms with E-state index in [4.69, 9.17) is 0 Å². The minimum absolute atomic E-state index is 0.116. The van der Waals surface area contributed by atoms with Crippen LogP contribution < -0.4 is 0 Å². The van der Waals surface area contributed by atoms with Crippen molar-refractivity contribution < 1.29 is 4.79 Å². The normalized spacial score (nSPS) is 22.0. The Kier molecular flexibility index (Phi) is 7.35. The third-order valence-electron chi connectivity index (χ3n) is 6.93. The van der Waals surface area contributed by atoms with Gasteiger partial charge in [-0.05, 0) is 62.9 Å². The number of carbonyl (C=O) groups excluding carboxylic acids is 1. The van der Waals surface area contributed by atoms with Crippen molar-refractivity contribution >= 4 is 5.78 Å². The second-order valence-corrected chi connectivity index (χ2v) is 9.23. The third kappa shape index (κ3) is 5.39. The van der Waals surface area contributed by atoms with Crippen LogP contribution in [0.5, 0.6) is 0 Å². The minimum atomic E-state index is 0.116. The number of piperidine rings is 2. The van der Waals surface area contributed by atoms with E-state index < -0.39 is 0 Å². The second kappa shape index (κ2) is 10.4. The zero-order valence-electron chi connectivity index (χ0n) is 18.4. The fourth-order valence-electron chi connectivity index (χ4n) is 5.15. The van der Waals surface area contributed by atoms with E-state index in [0.717, 1.165) is 17.7 Å². The van der Waals surface area contributed by atoms with Gasteiger partial charge in [0.25, 0.3) is 0 Å². The summed E-state index contributed by atoms with van der Waals surface area (Å²) >= 11 is 0. The first-order valence-electron chi connectivity index (χ1n) is 11.9. The maximum Gasteiger partial charge on any atom is 0.193 e. The van der Waals surface area contributed by atoms with Crippen LogP contribution in [0.2, 0.25) is 0 Å². The highest BCUT2D eigenvalue weighted by Crippen LogP contribution is 2.25. The zero-order chi connectivity index (χ0) is 20.8. The predicted octanol–water partition coefficient (Wildman–Crippen LogP) is 5.36. The summed E-state index contributed by atoms with van der Waals surface area (Å²) in [4.78, 5) is 18.3. The first kappa shape index (κ1) is 21.3. The van der Waals surface area contributed by atoms with E-state index in [-0.39, 0.29) is 5.78 Å². The SMILES string of the molecule is CC(CN1CCCCC1CN1CCCCC1)c1cccc(C(=O)c2ccccc2)c1. The summed E-state index contributed by atoms with van der Waals surface area (Å²) in [5.74, 6) is 0.543. The Bertz CT molecular complexity index is 813. The molecule has 4 rings (SSSR count). The Morgan fingerprint density at radius 3 is 2.43 bits per heavy atom. The Hall–Kier alpha value is -1.97. The molecule has 0 aromatic heterocycles. The van der Waals surface area contributed by atoms with Crippen LogP contribution in [0.3, 0.4) is 0 Å². The van der Waals surface area contributed by atoms with Crippen molar-refractivity contribution in [2.75, 3.05) is 32.7 Å². The monoisotopic (exact) mass is 404 g/mol. The quantitative estimate of drug-likeness (QED) is 0.580. The number of ketones is 1. The molecule has 0 saturated carbocycles. The Morgan fingerprint density at radius 2 is 1.63 bits per heavy atom. The van der Waals surface area contributed by atoms with Gasteiger partial charge in [-0.2, -0.15) is 0 Å².